The van der Waals surface area contributed by atoms with Crippen LogP contribution in [0.2, 0.25) is 0 Å². The molecule has 0 spiro atoms. The molecular weight excluding hydrogens is 941 g/mol. The quantitative estimate of drug-likeness (QED) is 0.0330. The molecule has 0 radical (unpaired) electrons. The zero-order valence-electron chi connectivity index (χ0n) is 42.8. The van der Waals surface area contributed by atoms with E-state index in [-0.39, 0.29) is 49.1 Å². The zero-order valence-corrected chi connectivity index (χ0v) is 42.8. The third-order valence-corrected chi connectivity index (χ3v) is 12.6. The lowest BCUT2D eigenvalue weighted by atomic mass is 10.0. The average molecular weight is 1010 g/mol. The second kappa shape index (κ2) is 26.7. The highest BCUT2D eigenvalue weighted by Gasteiger charge is 2.32. The number of aromatic nitrogens is 1. The molecule has 3 atom stereocenters. The van der Waals surface area contributed by atoms with Crippen molar-refractivity contribution in [1.82, 2.24) is 25.4 Å². The molecule has 392 valence electrons. The molecule has 4 aromatic carbocycles. The molecule has 0 saturated carbocycles. The number of piperidine rings is 1. The summed E-state index contributed by atoms with van der Waals surface area (Å²) in [7, 11) is 4.90. The van der Waals surface area contributed by atoms with Gasteiger partial charge in [0.1, 0.15) is 30.8 Å². The van der Waals surface area contributed by atoms with Gasteiger partial charge in [0.25, 0.3) is 5.91 Å². The lowest BCUT2D eigenvalue weighted by molar-refractivity contribution is -0.140. The first-order chi connectivity index (χ1) is 35.1. The molecule has 73 heavy (non-hydrogen) atoms. The first-order valence-electron chi connectivity index (χ1n) is 25.1. The molecule has 3 unspecified atom stereocenters. The smallest absolute Gasteiger partial charge is 0.406 e. The fourth-order valence-electron chi connectivity index (χ4n) is 8.96. The molecule has 5 N–H and O–H groups in total. The Morgan fingerprint density at radius 2 is 1.71 bits per heavy atom. The van der Waals surface area contributed by atoms with Gasteiger partial charge >= 0.3 is 6.18 Å². The minimum Gasteiger partial charge on any atom is -0.495 e. The van der Waals surface area contributed by atoms with Crippen LogP contribution < -0.4 is 41.0 Å². The maximum absolute atomic E-state index is 15.7. The van der Waals surface area contributed by atoms with E-state index in [1.54, 1.807) is 42.5 Å². The number of likely N-dealkylation sites (tertiary alicyclic amines) is 1. The van der Waals surface area contributed by atoms with Crippen molar-refractivity contribution in [2.75, 3.05) is 69.5 Å². The third kappa shape index (κ3) is 16.3. The van der Waals surface area contributed by atoms with Gasteiger partial charge in [-0.3, -0.25) is 14.4 Å². The Balaban J connectivity index is 0.00000283. The number of amides is 3. The van der Waals surface area contributed by atoms with Gasteiger partial charge in [-0.15, -0.1) is 0 Å². The number of carbonyl (C=O) groups is 3. The van der Waals surface area contributed by atoms with E-state index in [4.69, 9.17) is 9.47 Å². The van der Waals surface area contributed by atoms with Crippen LogP contribution in [0.3, 0.4) is 0 Å². The van der Waals surface area contributed by atoms with Gasteiger partial charge in [-0.25, -0.2) is 4.39 Å². The zero-order chi connectivity index (χ0) is 52.5. The summed E-state index contributed by atoms with van der Waals surface area (Å²) in [5.41, 5.74) is 6.13. The Bertz CT molecular complexity index is 2700. The summed E-state index contributed by atoms with van der Waals surface area (Å²) in [6.07, 6.45) is -0.448. The molecule has 3 heterocycles. The number of ether oxygens (including phenoxy) is 2. The Morgan fingerprint density at radius 3 is 2.44 bits per heavy atom. The van der Waals surface area contributed by atoms with Crippen LogP contribution in [0.5, 0.6) is 11.5 Å². The molecular formula is C56H70F4N8O5. The van der Waals surface area contributed by atoms with Gasteiger partial charge in [0, 0.05) is 74.6 Å². The highest BCUT2D eigenvalue weighted by atomic mass is 19.4. The molecule has 0 aliphatic carbocycles. The summed E-state index contributed by atoms with van der Waals surface area (Å²) >= 11 is 0. The van der Waals surface area contributed by atoms with E-state index < -0.39 is 24.9 Å². The lowest BCUT2D eigenvalue weighted by Crippen LogP contribution is -2.48. The number of likely N-dealkylation sites (N-methyl/N-ethyl adjacent to an activating group) is 1. The number of nitrogens with one attached hydrogen (secondary N) is 5. The largest absolute Gasteiger partial charge is 0.495 e. The normalized spacial score (nSPS) is 16.8. The molecule has 2 aliphatic heterocycles. The number of halogens is 4. The first-order valence-corrected chi connectivity index (χ1v) is 25.1. The molecule has 1 saturated heterocycles. The van der Waals surface area contributed by atoms with Crippen LogP contribution in [-0.4, -0.2) is 106 Å². The van der Waals surface area contributed by atoms with E-state index in [0.29, 0.717) is 79.1 Å². The van der Waals surface area contributed by atoms with E-state index in [9.17, 15) is 27.6 Å². The van der Waals surface area contributed by atoms with E-state index in [1.807, 2.05) is 55.3 Å². The van der Waals surface area contributed by atoms with Gasteiger partial charge < -0.3 is 50.4 Å². The Morgan fingerprint density at radius 1 is 0.945 bits per heavy atom. The topological polar surface area (TPSA) is 141 Å². The third-order valence-electron chi connectivity index (χ3n) is 12.6. The molecule has 17 heteroatoms. The van der Waals surface area contributed by atoms with Crippen molar-refractivity contribution in [3.63, 3.8) is 0 Å². The van der Waals surface area contributed by atoms with Crippen LogP contribution in [0.4, 0.5) is 34.6 Å². The summed E-state index contributed by atoms with van der Waals surface area (Å²) in [6.45, 7) is 7.76. The summed E-state index contributed by atoms with van der Waals surface area (Å²) in [5.74, 6) is 6.63. The van der Waals surface area contributed by atoms with Crippen LogP contribution >= 0.6 is 0 Å². The maximum Gasteiger partial charge on any atom is 0.406 e. The predicted octanol–water partition coefficient (Wildman–Crippen LogP) is 9.23. The fraction of sp³-hybridized carbons (Fsp3) is 0.446. The van der Waals surface area contributed by atoms with Crippen molar-refractivity contribution in [2.24, 2.45) is 0 Å². The standard InChI is InChI=1S/C53H62F4N8O5.C3H8/c1-35-26-38-18-20-41(29-48(38)63(3)32-51(67)61-35)70-33-37-16-14-36(15-17-37)30-60-50(66)13-6-5-7-24-64-25-22-45(43(54)31-64)62-44-11-8-12-47-42(44)28-40(65(47)34-53(55,56)57)10-9-23-59-46-21-19-39(52(68)58-2)27-49(46)69-4;1-3-2/h8,11-12,14-21,27-29,35,43,45,59,62H,5-7,13,22-26,30-34H2,1-4H3,(H,58,68)(H,60,66)(H,61,67);3H2,1-2H3. The second-order valence-corrected chi connectivity index (χ2v) is 18.7. The van der Waals surface area contributed by atoms with Gasteiger partial charge in [0.15, 0.2) is 0 Å². The number of anilines is 3. The Hall–Kier alpha value is -6.93. The van der Waals surface area contributed by atoms with Crippen LogP contribution in [0.15, 0.2) is 84.9 Å². The minimum atomic E-state index is -4.51. The number of methoxy groups -OCH3 is 1. The SMILES string of the molecule is CCC.CNC(=O)c1ccc(NCC#Cc2cc3c(NC4CCN(CCCCCC(=O)NCc5ccc(COc6ccc7c(c6)N(C)CC(=O)NC(C)C7)cc5)CC4F)cccc3n2CC(F)(F)F)c(OC)c1. The van der Waals surface area contributed by atoms with Gasteiger partial charge in [-0.1, -0.05) is 69.0 Å². The predicted molar refractivity (Wildman–Crippen MR) is 281 cm³/mol. The number of unbranched alkanes of at least 4 members (excludes halogenated alkanes) is 2. The number of hydrogen-bond donors (Lipinski definition) is 5. The van der Waals surface area contributed by atoms with Crippen molar-refractivity contribution >= 4 is 45.7 Å². The van der Waals surface area contributed by atoms with Crippen LogP contribution in [0.25, 0.3) is 10.9 Å². The van der Waals surface area contributed by atoms with Crippen molar-refractivity contribution in [3.8, 4) is 23.3 Å². The lowest BCUT2D eigenvalue weighted by Gasteiger charge is -2.35. The maximum atomic E-state index is 15.7. The second-order valence-electron chi connectivity index (χ2n) is 18.7. The number of hydrogen-bond acceptors (Lipinski definition) is 9. The molecule has 2 aliphatic rings. The Kier molecular flexibility index (Phi) is 20.2. The molecule has 1 fully saturated rings. The van der Waals surface area contributed by atoms with E-state index in [2.05, 4.69) is 63.2 Å². The first kappa shape index (κ1) is 55.4. The van der Waals surface area contributed by atoms with E-state index in [0.717, 1.165) is 52.0 Å². The van der Waals surface area contributed by atoms with Gasteiger partial charge in [-0.05, 0) is 104 Å². The fourth-order valence-corrected chi connectivity index (χ4v) is 8.96. The van der Waals surface area contributed by atoms with E-state index in [1.165, 1.54) is 20.6 Å². The molecule has 0 bridgehead atoms. The van der Waals surface area contributed by atoms with Crippen molar-refractivity contribution < 1.29 is 41.4 Å². The highest BCUT2D eigenvalue weighted by molar-refractivity contribution is 5.95. The summed E-state index contributed by atoms with van der Waals surface area (Å²) in [4.78, 5) is 40.9. The number of carbonyl (C=O) groups excluding carboxylic acids is 3. The molecule has 5 aromatic rings. The number of alkyl halides is 4. The van der Waals surface area contributed by atoms with Crippen LogP contribution in [0.1, 0.15) is 92.0 Å². The molecule has 7 rings (SSSR count). The highest BCUT2D eigenvalue weighted by Crippen LogP contribution is 2.33. The summed E-state index contributed by atoms with van der Waals surface area (Å²) < 4.78 is 69.9. The molecule has 3 amide bonds. The summed E-state index contributed by atoms with van der Waals surface area (Å²) in [5, 5.41) is 15.5. The monoisotopic (exact) mass is 1010 g/mol. The number of nitrogens with zero attached hydrogens (tertiary/aromatic N) is 3. The summed E-state index contributed by atoms with van der Waals surface area (Å²) in [6, 6.07) is 24.9. The van der Waals surface area contributed by atoms with Gasteiger partial charge in [0.2, 0.25) is 11.8 Å². The van der Waals surface area contributed by atoms with Gasteiger partial charge in [0.05, 0.1) is 43.1 Å². The van der Waals surface area contributed by atoms with Crippen LogP contribution in [0, 0.1) is 11.8 Å². The van der Waals surface area contributed by atoms with Crippen molar-refractivity contribution in [2.45, 2.75) is 110 Å². The van der Waals surface area contributed by atoms with Crippen LogP contribution in [-0.2, 0) is 35.7 Å². The number of fused-ring (bicyclic) bond motifs is 2. The van der Waals surface area contributed by atoms with Crippen molar-refractivity contribution in [1.29, 1.82) is 0 Å². The van der Waals surface area contributed by atoms with Gasteiger partial charge in [-0.2, -0.15) is 13.2 Å². The minimum absolute atomic E-state index is 0.00246. The average Bonchev–Trinajstić information content (AvgIpc) is 3.70. The van der Waals surface area contributed by atoms with E-state index >= 15 is 4.39 Å². The van der Waals surface area contributed by atoms with Crippen molar-refractivity contribution in [3.05, 3.63) is 113 Å². The molecule has 1 aromatic heterocycles. The number of benzene rings is 4. The Labute approximate surface area is 426 Å². The molecule has 13 nitrogen and oxygen atoms in total. The number of rotatable bonds is 18.